The van der Waals surface area contributed by atoms with Gasteiger partial charge in [-0.3, -0.25) is 9.36 Å². The molecule has 0 aliphatic heterocycles. The summed E-state index contributed by atoms with van der Waals surface area (Å²) in [5, 5.41) is 13.7. The number of aliphatic hydroxyl groups excluding tert-OH is 1. The van der Waals surface area contributed by atoms with E-state index < -0.39 is 26.6 Å². The van der Waals surface area contributed by atoms with Crippen molar-refractivity contribution in [1.29, 1.82) is 0 Å². The van der Waals surface area contributed by atoms with Crippen LogP contribution in [0, 0.1) is 0 Å². The molecular weight excluding hydrogens is 828 g/mol. The van der Waals surface area contributed by atoms with Crippen LogP contribution in [0.15, 0.2) is 146 Å². The van der Waals surface area contributed by atoms with Gasteiger partial charge in [-0.15, -0.1) is 0 Å². The summed E-state index contributed by atoms with van der Waals surface area (Å²) in [6.07, 6.45) is 70.6. The Kier molecular flexibility index (Phi) is 43.0. The molecule has 2 N–H and O–H groups in total. The molecule has 0 aromatic carbocycles. The molecular formula is C56H91N2O6P. The van der Waals surface area contributed by atoms with Crippen LogP contribution in [0.25, 0.3) is 0 Å². The number of hydrogen-bond donors (Lipinski definition) is 2. The molecule has 3 atom stereocenters. The Morgan fingerprint density at radius 2 is 0.954 bits per heavy atom. The molecule has 0 fully saturated rings. The maximum absolute atomic E-state index is 12.9. The Hall–Kier alpha value is -3.62. The van der Waals surface area contributed by atoms with E-state index in [0.29, 0.717) is 23.9 Å². The van der Waals surface area contributed by atoms with E-state index in [0.717, 1.165) is 103 Å². The number of phosphoric acid groups is 1. The lowest BCUT2D eigenvalue weighted by Gasteiger charge is -2.29. The lowest BCUT2D eigenvalue weighted by atomic mass is 10.1. The fourth-order valence-electron chi connectivity index (χ4n) is 5.87. The third-order valence-corrected chi connectivity index (χ3v) is 10.7. The highest BCUT2D eigenvalue weighted by Gasteiger charge is 2.23. The number of aliphatic hydroxyl groups is 1. The first-order valence-electron chi connectivity index (χ1n) is 24.7. The third-order valence-electron chi connectivity index (χ3n) is 9.76. The van der Waals surface area contributed by atoms with Crippen molar-refractivity contribution in [2.24, 2.45) is 0 Å². The molecule has 0 rings (SSSR count). The van der Waals surface area contributed by atoms with Crippen LogP contribution in [0.1, 0.15) is 149 Å². The zero-order valence-electron chi connectivity index (χ0n) is 41.4. The van der Waals surface area contributed by atoms with Crippen molar-refractivity contribution in [1.82, 2.24) is 5.32 Å². The molecule has 0 bridgehead atoms. The van der Waals surface area contributed by atoms with Crippen LogP contribution >= 0.6 is 7.82 Å². The lowest BCUT2D eigenvalue weighted by Crippen LogP contribution is -2.45. The van der Waals surface area contributed by atoms with Gasteiger partial charge in [-0.05, 0) is 109 Å². The van der Waals surface area contributed by atoms with Crippen molar-refractivity contribution >= 4 is 13.7 Å². The smallest absolute Gasteiger partial charge is 0.268 e. The Balaban J connectivity index is 4.38. The van der Waals surface area contributed by atoms with Crippen molar-refractivity contribution in [2.45, 2.75) is 161 Å². The van der Waals surface area contributed by atoms with Gasteiger partial charge in [-0.2, -0.15) is 0 Å². The number of amides is 1. The summed E-state index contributed by atoms with van der Waals surface area (Å²) in [6, 6.07) is -0.938. The van der Waals surface area contributed by atoms with Gasteiger partial charge < -0.3 is 28.8 Å². The molecule has 0 heterocycles. The Bertz CT molecular complexity index is 1560. The Morgan fingerprint density at radius 3 is 1.40 bits per heavy atom. The van der Waals surface area contributed by atoms with Gasteiger partial charge in [-0.1, -0.05) is 179 Å². The first-order valence-corrected chi connectivity index (χ1v) is 26.2. The summed E-state index contributed by atoms with van der Waals surface area (Å²) in [4.78, 5) is 25.3. The van der Waals surface area contributed by atoms with Crippen LogP contribution in [0.2, 0.25) is 0 Å². The van der Waals surface area contributed by atoms with Crippen molar-refractivity contribution in [3.8, 4) is 0 Å². The second-order valence-electron chi connectivity index (χ2n) is 17.1. The molecule has 366 valence electrons. The largest absolute Gasteiger partial charge is 0.756 e. The van der Waals surface area contributed by atoms with E-state index in [1.54, 1.807) is 6.08 Å². The quantitative estimate of drug-likeness (QED) is 0.0273. The number of carbonyl (C=O) groups is 1. The van der Waals surface area contributed by atoms with E-state index >= 15 is 0 Å². The monoisotopic (exact) mass is 919 g/mol. The average molecular weight is 919 g/mol. The topological polar surface area (TPSA) is 108 Å². The number of nitrogens with one attached hydrogen (secondary N) is 1. The fourth-order valence-corrected chi connectivity index (χ4v) is 6.59. The number of phosphoric ester groups is 1. The molecule has 9 heteroatoms. The van der Waals surface area contributed by atoms with Crippen LogP contribution in [0.5, 0.6) is 0 Å². The summed E-state index contributed by atoms with van der Waals surface area (Å²) in [7, 11) is 1.18. The minimum Gasteiger partial charge on any atom is -0.756 e. The van der Waals surface area contributed by atoms with Gasteiger partial charge in [0.25, 0.3) is 7.82 Å². The van der Waals surface area contributed by atoms with Crippen molar-refractivity contribution in [3.05, 3.63) is 146 Å². The standard InChI is InChI=1S/C56H91N2O6P/c1-6-8-10-12-14-16-18-20-21-22-23-24-25-26-27-28-29-30-31-32-33-34-35-36-37-38-40-42-44-46-48-50-56(60)57-54(53-64-65(61,62)63-52-51-58(3,4)5)55(59)49-47-45-43-41-39-19-17-15-13-11-9-7-2/h8,10,13-16,20-21,23-24,26-27,29-30,32-33,35-36,38-41,47,49,54-55,59H,6-7,9,11-12,17-19,22,25,28,31,34,37,42-46,48,50-53H2,1-5H3,(H-,57,60,61,62)/b10-8-,15-13+,16-14-,21-20-,24-23-,27-26-,30-29-,33-32-,36-35-,40-38-,41-39+,49-47+. The molecule has 0 saturated carbocycles. The maximum atomic E-state index is 12.9. The van der Waals surface area contributed by atoms with Crippen LogP contribution in [0.4, 0.5) is 0 Å². The highest BCUT2D eigenvalue weighted by molar-refractivity contribution is 7.45. The van der Waals surface area contributed by atoms with E-state index in [-0.39, 0.29) is 18.9 Å². The van der Waals surface area contributed by atoms with Gasteiger partial charge in [0.05, 0.1) is 39.9 Å². The molecule has 0 spiro atoms. The van der Waals surface area contributed by atoms with Gasteiger partial charge in [-0.25, -0.2) is 0 Å². The van der Waals surface area contributed by atoms with Gasteiger partial charge in [0.2, 0.25) is 5.91 Å². The summed E-state index contributed by atoms with van der Waals surface area (Å²) in [6.45, 7) is 4.38. The number of quaternary nitrogens is 1. The Labute approximate surface area is 398 Å². The first kappa shape index (κ1) is 61.4. The predicted octanol–water partition coefficient (Wildman–Crippen LogP) is 13.9. The number of unbranched alkanes of at least 4 members (excludes halogenated alkanes) is 7. The summed E-state index contributed by atoms with van der Waals surface area (Å²) < 4.78 is 23.1. The number of nitrogens with zero attached hydrogens (tertiary/aromatic N) is 1. The molecule has 0 aromatic heterocycles. The van der Waals surface area contributed by atoms with Crippen molar-refractivity contribution in [2.75, 3.05) is 40.9 Å². The normalized spacial score (nSPS) is 15.4. The molecule has 0 saturated heterocycles. The SMILES string of the molecule is CC/C=C\C/C=C\C/C=C\C/C=C\C/C=C\C/C=C\C/C=C\C/C=C\C/C=C\CCCCCC(=O)NC(COP(=O)([O-])OCC[N+](C)(C)C)C(O)/C=C/CC/C=C/CC/C=C/CCCC. The fraction of sp³-hybridized carbons (Fsp3) is 0.554. The highest BCUT2D eigenvalue weighted by atomic mass is 31.2. The summed E-state index contributed by atoms with van der Waals surface area (Å²) in [5.74, 6) is -0.253. The second kappa shape index (κ2) is 45.5. The number of likely N-dealkylation sites (N-methyl/N-ethyl adjacent to an activating group) is 1. The van der Waals surface area contributed by atoms with Gasteiger partial charge >= 0.3 is 0 Å². The van der Waals surface area contributed by atoms with Crippen LogP contribution in [-0.4, -0.2) is 68.5 Å². The summed E-state index contributed by atoms with van der Waals surface area (Å²) in [5.41, 5.74) is 0. The van der Waals surface area contributed by atoms with Gasteiger partial charge in [0.1, 0.15) is 13.2 Å². The molecule has 8 nitrogen and oxygen atoms in total. The number of rotatable bonds is 42. The van der Waals surface area contributed by atoms with Crippen LogP contribution in [-0.2, 0) is 18.4 Å². The highest BCUT2D eigenvalue weighted by Crippen LogP contribution is 2.38. The zero-order chi connectivity index (χ0) is 47.8. The minimum atomic E-state index is -4.62. The second-order valence-corrected chi connectivity index (χ2v) is 18.5. The van der Waals surface area contributed by atoms with Crippen LogP contribution < -0.4 is 10.2 Å². The molecule has 65 heavy (non-hydrogen) atoms. The summed E-state index contributed by atoms with van der Waals surface area (Å²) >= 11 is 0. The minimum absolute atomic E-state index is 0.0251. The van der Waals surface area contributed by atoms with E-state index in [1.807, 2.05) is 27.2 Å². The number of allylic oxidation sites excluding steroid dienone is 23. The number of hydrogen-bond acceptors (Lipinski definition) is 6. The molecule has 0 aliphatic rings. The molecule has 3 unspecified atom stereocenters. The van der Waals surface area contributed by atoms with Gasteiger partial charge in [0.15, 0.2) is 0 Å². The van der Waals surface area contributed by atoms with Gasteiger partial charge in [0, 0.05) is 6.42 Å². The Morgan fingerprint density at radius 1 is 0.554 bits per heavy atom. The van der Waals surface area contributed by atoms with E-state index in [4.69, 9.17) is 9.05 Å². The third kappa shape index (κ3) is 48.1. The van der Waals surface area contributed by atoms with E-state index in [1.165, 1.54) is 12.8 Å². The molecule has 0 aliphatic carbocycles. The lowest BCUT2D eigenvalue weighted by molar-refractivity contribution is -0.870. The predicted molar refractivity (Wildman–Crippen MR) is 278 cm³/mol. The van der Waals surface area contributed by atoms with Crippen LogP contribution in [0.3, 0.4) is 0 Å². The molecule has 0 aromatic rings. The van der Waals surface area contributed by atoms with E-state index in [9.17, 15) is 19.4 Å². The molecule has 0 radical (unpaired) electrons. The van der Waals surface area contributed by atoms with E-state index in [2.05, 4.69) is 153 Å². The van der Waals surface area contributed by atoms with Crippen molar-refractivity contribution < 1.29 is 32.9 Å². The number of carbonyl (C=O) groups excluding carboxylic acids is 1. The first-order chi connectivity index (χ1) is 31.5. The maximum Gasteiger partial charge on any atom is 0.268 e. The average Bonchev–Trinajstić information content (AvgIpc) is 3.26. The zero-order valence-corrected chi connectivity index (χ0v) is 42.3. The van der Waals surface area contributed by atoms with Crippen molar-refractivity contribution in [3.63, 3.8) is 0 Å². The molecule has 1 amide bonds.